The molecule has 6 nitrogen and oxygen atoms in total. The Morgan fingerprint density at radius 2 is 1.76 bits per heavy atom. The molecule has 2 aromatic carbocycles. The highest BCUT2D eigenvalue weighted by Crippen LogP contribution is 2.43. The number of fused-ring (bicyclic) bond motifs is 3. The molecular weight excluding hydrogens is 448 g/mol. The van der Waals surface area contributed by atoms with Gasteiger partial charge in [0.1, 0.15) is 10.7 Å². The van der Waals surface area contributed by atoms with Crippen LogP contribution in [0.3, 0.4) is 0 Å². The van der Waals surface area contributed by atoms with Crippen LogP contribution < -0.4 is 19.8 Å². The summed E-state index contributed by atoms with van der Waals surface area (Å²) in [6, 6.07) is 13.7. The van der Waals surface area contributed by atoms with Gasteiger partial charge in [-0.15, -0.1) is 11.3 Å². The first kappa shape index (κ1) is 22.5. The van der Waals surface area contributed by atoms with E-state index in [-0.39, 0.29) is 5.56 Å². The quantitative estimate of drug-likeness (QED) is 0.360. The van der Waals surface area contributed by atoms with Gasteiger partial charge in [0, 0.05) is 10.4 Å². The Bertz CT molecular complexity index is 1380. The molecule has 1 aliphatic carbocycles. The van der Waals surface area contributed by atoms with Gasteiger partial charge in [0.2, 0.25) is 5.75 Å². The van der Waals surface area contributed by atoms with E-state index in [1.807, 2.05) is 42.5 Å². The third-order valence-electron chi connectivity index (χ3n) is 6.57. The van der Waals surface area contributed by atoms with Crippen LogP contribution in [0.15, 0.2) is 47.3 Å². The lowest BCUT2D eigenvalue weighted by Gasteiger charge is -2.19. The van der Waals surface area contributed by atoms with Gasteiger partial charge >= 0.3 is 0 Å². The number of benzene rings is 2. The monoisotopic (exact) mass is 476 g/mol. The van der Waals surface area contributed by atoms with Crippen LogP contribution in [0.4, 0.5) is 0 Å². The summed E-state index contributed by atoms with van der Waals surface area (Å²) in [5.74, 6) is 2.51. The molecule has 0 saturated carbocycles. The van der Waals surface area contributed by atoms with E-state index in [2.05, 4.69) is 6.92 Å². The number of hydrogen-bond acceptors (Lipinski definition) is 6. The highest BCUT2D eigenvalue weighted by atomic mass is 32.1. The number of nitrogens with zero attached hydrogens (tertiary/aromatic N) is 2. The Morgan fingerprint density at radius 1 is 1.06 bits per heavy atom. The summed E-state index contributed by atoms with van der Waals surface area (Å²) in [6.45, 7) is 2.64. The molecule has 34 heavy (non-hydrogen) atoms. The molecule has 0 amide bonds. The smallest absolute Gasteiger partial charge is 0.263 e. The molecule has 176 valence electrons. The van der Waals surface area contributed by atoms with Crippen molar-refractivity contribution in [3.63, 3.8) is 0 Å². The van der Waals surface area contributed by atoms with Crippen LogP contribution in [0, 0.1) is 0 Å². The SMILES string of the molecule is COc1cc(-c2nc3sc4c(c3c(=O)n2Cc2ccccc2)C(C)CCC4)cc(OC)c1OC. The van der Waals surface area contributed by atoms with Crippen molar-refractivity contribution in [1.82, 2.24) is 9.55 Å². The fourth-order valence-corrected chi connectivity index (χ4v) is 6.24. The Hall–Kier alpha value is -3.32. The first-order valence-electron chi connectivity index (χ1n) is 11.5. The molecule has 4 aromatic rings. The second-order valence-corrected chi connectivity index (χ2v) is 9.72. The summed E-state index contributed by atoms with van der Waals surface area (Å²) < 4.78 is 18.4. The van der Waals surface area contributed by atoms with Gasteiger partial charge in [0.15, 0.2) is 11.5 Å². The van der Waals surface area contributed by atoms with Gasteiger partial charge in [-0.1, -0.05) is 37.3 Å². The summed E-state index contributed by atoms with van der Waals surface area (Å²) in [6.07, 6.45) is 3.27. The first-order valence-corrected chi connectivity index (χ1v) is 12.3. The maximum atomic E-state index is 14.1. The molecule has 1 unspecified atom stereocenters. The van der Waals surface area contributed by atoms with Crippen molar-refractivity contribution in [3.05, 3.63) is 68.8 Å². The highest BCUT2D eigenvalue weighted by Gasteiger charge is 2.27. The number of hydrogen-bond donors (Lipinski definition) is 0. The van der Waals surface area contributed by atoms with Gasteiger partial charge in [-0.3, -0.25) is 9.36 Å². The molecule has 0 aliphatic heterocycles. The van der Waals surface area contributed by atoms with Gasteiger partial charge in [0.25, 0.3) is 5.56 Å². The van der Waals surface area contributed by atoms with Crippen LogP contribution in [0.1, 0.15) is 41.7 Å². The fraction of sp³-hybridized carbons (Fsp3) is 0.333. The van der Waals surface area contributed by atoms with E-state index in [9.17, 15) is 4.79 Å². The standard InChI is InChI=1S/C27H28N2O4S/c1-16-9-8-12-21-22(16)23-26(34-21)28-25(29(27(23)30)15-17-10-6-5-7-11-17)18-13-19(31-2)24(33-4)20(14-18)32-3/h5-7,10-11,13-14,16H,8-9,12,15H2,1-4H3. The largest absolute Gasteiger partial charge is 0.493 e. The second-order valence-electron chi connectivity index (χ2n) is 8.64. The van der Waals surface area contributed by atoms with Gasteiger partial charge in [0.05, 0.1) is 33.3 Å². The molecule has 1 atom stereocenters. The Kier molecular flexibility index (Phi) is 6.04. The van der Waals surface area contributed by atoms with Crippen LogP contribution in [0.5, 0.6) is 17.2 Å². The van der Waals surface area contributed by atoms with Crippen LogP contribution in [-0.2, 0) is 13.0 Å². The van der Waals surface area contributed by atoms with E-state index in [4.69, 9.17) is 19.2 Å². The summed E-state index contributed by atoms with van der Waals surface area (Å²) >= 11 is 1.66. The summed E-state index contributed by atoms with van der Waals surface area (Å²) in [5.41, 5.74) is 2.98. The van der Waals surface area contributed by atoms with Crippen LogP contribution >= 0.6 is 11.3 Å². The molecule has 0 fully saturated rings. The van der Waals surface area contributed by atoms with Crippen molar-refractivity contribution in [2.45, 2.75) is 38.6 Å². The molecule has 2 heterocycles. The number of methoxy groups -OCH3 is 3. The van der Waals surface area contributed by atoms with Crippen LogP contribution in [0.25, 0.3) is 21.6 Å². The second kappa shape index (κ2) is 9.14. The number of rotatable bonds is 6. The Balaban J connectivity index is 1.81. The summed E-state index contributed by atoms with van der Waals surface area (Å²) in [4.78, 5) is 21.3. The van der Waals surface area contributed by atoms with Gasteiger partial charge in [-0.25, -0.2) is 4.98 Å². The molecule has 0 bridgehead atoms. The lowest BCUT2D eigenvalue weighted by Crippen LogP contribution is -2.25. The maximum absolute atomic E-state index is 14.1. The number of ether oxygens (including phenoxy) is 3. The zero-order chi connectivity index (χ0) is 23.8. The van der Waals surface area contributed by atoms with Crippen molar-refractivity contribution in [2.75, 3.05) is 21.3 Å². The summed E-state index contributed by atoms with van der Waals surface area (Å²) in [5, 5.41) is 0.777. The Morgan fingerprint density at radius 3 is 2.41 bits per heavy atom. The van der Waals surface area contributed by atoms with Crippen molar-refractivity contribution in [2.24, 2.45) is 0 Å². The minimum atomic E-state index is 0.00357. The van der Waals surface area contributed by atoms with Crippen LogP contribution in [-0.4, -0.2) is 30.9 Å². The molecule has 5 rings (SSSR count). The number of aryl methyl sites for hydroxylation is 1. The lowest BCUT2D eigenvalue weighted by atomic mass is 9.87. The minimum Gasteiger partial charge on any atom is -0.493 e. The average molecular weight is 477 g/mol. The molecule has 1 aliphatic rings. The first-order chi connectivity index (χ1) is 16.5. The van der Waals surface area contributed by atoms with E-state index in [0.29, 0.717) is 35.5 Å². The number of aromatic nitrogens is 2. The fourth-order valence-electron chi connectivity index (χ4n) is 4.91. The number of thiophene rings is 1. The molecule has 0 saturated heterocycles. The van der Waals surface area contributed by atoms with Crippen molar-refractivity contribution in [3.8, 4) is 28.6 Å². The predicted octanol–water partition coefficient (Wildman–Crippen LogP) is 5.64. The maximum Gasteiger partial charge on any atom is 0.263 e. The van der Waals surface area contributed by atoms with Crippen molar-refractivity contribution in [1.29, 1.82) is 0 Å². The molecule has 0 radical (unpaired) electrons. The van der Waals surface area contributed by atoms with Gasteiger partial charge < -0.3 is 14.2 Å². The molecule has 2 aromatic heterocycles. The highest BCUT2D eigenvalue weighted by molar-refractivity contribution is 7.18. The van der Waals surface area contributed by atoms with E-state index >= 15 is 0 Å². The molecular formula is C27H28N2O4S. The lowest BCUT2D eigenvalue weighted by molar-refractivity contribution is 0.324. The average Bonchev–Trinajstić information content (AvgIpc) is 3.25. The third kappa shape index (κ3) is 3.74. The zero-order valence-corrected chi connectivity index (χ0v) is 20.7. The molecule has 7 heteroatoms. The predicted molar refractivity (Wildman–Crippen MR) is 136 cm³/mol. The molecule has 0 spiro atoms. The van der Waals surface area contributed by atoms with E-state index in [1.54, 1.807) is 37.2 Å². The van der Waals surface area contributed by atoms with Gasteiger partial charge in [-0.2, -0.15) is 0 Å². The summed E-state index contributed by atoms with van der Waals surface area (Å²) in [7, 11) is 4.75. The van der Waals surface area contributed by atoms with Crippen molar-refractivity contribution >= 4 is 21.6 Å². The Labute approximate surface area is 202 Å². The minimum absolute atomic E-state index is 0.00357. The van der Waals surface area contributed by atoms with Gasteiger partial charge in [-0.05, 0) is 48.4 Å². The molecule has 0 N–H and O–H groups in total. The van der Waals surface area contributed by atoms with Crippen LogP contribution in [0.2, 0.25) is 0 Å². The topological polar surface area (TPSA) is 62.6 Å². The van der Waals surface area contributed by atoms with E-state index in [0.717, 1.165) is 40.6 Å². The van der Waals surface area contributed by atoms with E-state index in [1.165, 1.54) is 10.4 Å². The zero-order valence-electron chi connectivity index (χ0n) is 19.9. The normalized spacial score (nSPS) is 15.2. The third-order valence-corrected chi connectivity index (χ3v) is 7.73. The van der Waals surface area contributed by atoms with E-state index < -0.39 is 0 Å². The van der Waals surface area contributed by atoms with Crippen molar-refractivity contribution < 1.29 is 14.2 Å².